The molecule has 106 valence electrons. The fraction of sp³-hybridized carbons (Fsp3) is 0.333. The van der Waals surface area contributed by atoms with Gasteiger partial charge in [0.1, 0.15) is 5.75 Å². The Morgan fingerprint density at radius 3 is 2.90 bits per heavy atom. The number of ether oxygens (including phenoxy) is 1. The molecule has 0 aliphatic heterocycles. The lowest BCUT2D eigenvalue weighted by atomic mass is 9.96. The molecule has 1 amide bonds. The first-order valence-corrected chi connectivity index (χ1v) is 7.39. The Labute approximate surface area is 127 Å². The summed E-state index contributed by atoms with van der Waals surface area (Å²) in [6, 6.07) is 7.33. The summed E-state index contributed by atoms with van der Waals surface area (Å²) in [6.07, 6.45) is 9.30. The third kappa shape index (κ3) is 5.17. The SMILES string of the molecule is O=C(COc1ccc(Br)cc1)N/N=C\[C@@H]1CC=CCC1. The van der Waals surface area contributed by atoms with Gasteiger partial charge in [-0.05, 0) is 49.4 Å². The van der Waals surface area contributed by atoms with Crippen molar-refractivity contribution in [2.45, 2.75) is 19.3 Å². The van der Waals surface area contributed by atoms with E-state index in [1.165, 1.54) is 0 Å². The van der Waals surface area contributed by atoms with E-state index in [4.69, 9.17) is 4.74 Å². The van der Waals surface area contributed by atoms with Crippen molar-refractivity contribution in [1.82, 2.24) is 5.43 Å². The number of halogens is 1. The van der Waals surface area contributed by atoms with Crippen LogP contribution in [0.15, 0.2) is 46.0 Å². The summed E-state index contributed by atoms with van der Waals surface area (Å²) in [7, 11) is 0. The number of hydrogen-bond donors (Lipinski definition) is 1. The third-order valence-electron chi connectivity index (χ3n) is 2.97. The molecular formula is C15H17BrN2O2. The fourth-order valence-corrected chi connectivity index (χ4v) is 2.14. The van der Waals surface area contributed by atoms with Crippen molar-refractivity contribution in [2.75, 3.05) is 6.61 Å². The molecule has 1 N–H and O–H groups in total. The van der Waals surface area contributed by atoms with E-state index in [1.54, 1.807) is 18.3 Å². The number of nitrogens with zero attached hydrogens (tertiary/aromatic N) is 1. The van der Waals surface area contributed by atoms with Gasteiger partial charge in [-0.25, -0.2) is 5.43 Å². The van der Waals surface area contributed by atoms with Gasteiger partial charge in [0.25, 0.3) is 5.91 Å². The minimum Gasteiger partial charge on any atom is -0.484 e. The van der Waals surface area contributed by atoms with Crippen LogP contribution in [0.2, 0.25) is 0 Å². The van der Waals surface area contributed by atoms with Gasteiger partial charge in [-0.3, -0.25) is 4.79 Å². The highest BCUT2D eigenvalue weighted by molar-refractivity contribution is 9.10. The van der Waals surface area contributed by atoms with Crippen molar-refractivity contribution in [1.29, 1.82) is 0 Å². The quantitative estimate of drug-likeness (QED) is 0.509. The molecule has 1 aliphatic rings. The number of benzene rings is 1. The lowest BCUT2D eigenvalue weighted by Crippen LogP contribution is -2.25. The van der Waals surface area contributed by atoms with E-state index in [9.17, 15) is 4.79 Å². The van der Waals surface area contributed by atoms with Crippen molar-refractivity contribution >= 4 is 28.1 Å². The Morgan fingerprint density at radius 1 is 1.40 bits per heavy atom. The van der Waals surface area contributed by atoms with Crippen LogP contribution in [0.5, 0.6) is 5.75 Å². The molecule has 1 aliphatic carbocycles. The number of carbonyl (C=O) groups excluding carboxylic acids is 1. The van der Waals surface area contributed by atoms with Gasteiger partial charge in [-0.1, -0.05) is 28.1 Å². The molecule has 0 aromatic heterocycles. The van der Waals surface area contributed by atoms with Crippen LogP contribution >= 0.6 is 15.9 Å². The molecule has 0 saturated carbocycles. The molecule has 20 heavy (non-hydrogen) atoms. The molecule has 1 atom stereocenters. The van der Waals surface area contributed by atoms with Crippen molar-refractivity contribution < 1.29 is 9.53 Å². The average molecular weight is 337 g/mol. The molecule has 0 saturated heterocycles. The molecule has 0 radical (unpaired) electrons. The molecule has 0 fully saturated rings. The van der Waals surface area contributed by atoms with E-state index in [0.29, 0.717) is 11.7 Å². The minimum absolute atomic E-state index is 0.0382. The number of nitrogens with one attached hydrogen (secondary N) is 1. The molecule has 2 rings (SSSR count). The smallest absolute Gasteiger partial charge is 0.277 e. The maximum atomic E-state index is 11.6. The van der Waals surface area contributed by atoms with Gasteiger partial charge in [0.05, 0.1) is 0 Å². The molecule has 1 aromatic carbocycles. The Kier molecular flexibility index (Phi) is 5.80. The lowest BCUT2D eigenvalue weighted by Gasteiger charge is -2.11. The molecule has 0 heterocycles. The second-order valence-electron chi connectivity index (χ2n) is 4.60. The largest absolute Gasteiger partial charge is 0.484 e. The molecule has 1 aromatic rings. The van der Waals surface area contributed by atoms with Crippen molar-refractivity contribution in [3.63, 3.8) is 0 Å². The zero-order valence-corrected chi connectivity index (χ0v) is 12.7. The van der Waals surface area contributed by atoms with Crippen molar-refractivity contribution in [2.24, 2.45) is 11.0 Å². The summed E-state index contributed by atoms with van der Waals surface area (Å²) in [4.78, 5) is 11.6. The second kappa shape index (κ2) is 7.85. The Hall–Kier alpha value is -1.62. The summed E-state index contributed by atoms with van der Waals surface area (Å²) in [5.74, 6) is 0.827. The summed E-state index contributed by atoms with van der Waals surface area (Å²) < 4.78 is 6.32. The average Bonchev–Trinajstić information content (AvgIpc) is 2.48. The van der Waals surface area contributed by atoms with Gasteiger partial charge < -0.3 is 4.74 Å². The van der Waals surface area contributed by atoms with E-state index in [-0.39, 0.29) is 12.5 Å². The van der Waals surface area contributed by atoms with Crippen LogP contribution < -0.4 is 10.2 Å². The normalized spacial score (nSPS) is 18.1. The van der Waals surface area contributed by atoms with E-state index in [1.807, 2.05) is 12.1 Å². The Morgan fingerprint density at radius 2 is 2.20 bits per heavy atom. The number of allylic oxidation sites excluding steroid dienone is 2. The maximum Gasteiger partial charge on any atom is 0.277 e. The van der Waals surface area contributed by atoms with Gasteiger partial charge in [-0.2, -0.15) is 5.10 Å². The molecule has 0 bridgehead atoms. The van der Waals surface area contributed by atoms with E-state index in [0.717, 1.165) is 23.7 Å². The first-order chi connectivity index (χ1) is 9.74. The van der Waals surface area contributed by atoms with Crippen LogP contribution in [0.1, 0.15) is 19.3 Å². The standard InChI is InChI=1S/C15H17BrN2O2/c16-13-6-8-14(9-7-13)20-11-15(19)18-17-10-12-4-2-1-3-5-12/h1-2,6-10,12H,3-5,11H2,(H,18,19)/b17-10-/t12-/m1/s1. The number of hydrazone groups is 1. The fourth-order valence-electron chi connectivity index (χ4n) is 1.88. The van der Waals surface area contributed by atoms with E-state index >= 15 is 0 Å². The van der Waals surface area contributed by atoms with Crippen LogP contribution in [0, 0.1) is 5.92 Å². The number of amides is 1. The van der Waals surface area contributed by atoms with Gasteiger partial charge in [0.15, 0.2) is 6.61 Å². The van der Waals surface area contributed by atoms with Crippen LogP contribution in [-0.4, -0.2) is 18.7 Å². The number of hydrogen-bond acceptors (Lipinski definition) is 3. The van der Waals surface area contributed by atoms with Gasteiger partial charge in [0.2, 0.25) is 0 Å². The minimum atomic E-state index is -0.254. The molecule has 0 unspecified atom stereocenters. The van der Waals surface area contributed by atoms with E-state index < -0.39 is 0 Å². The second-order valence-corrected chi connectivity index (χ2v) is 5.52. The molecular weight excluding hydrogens is 320 g/mol. The van der Waals surface area contributed by atoms with Gasteiger partial charge in [0, 0.05) is 10.7 Å². The zero-order valence-electron chi connectivity index (χ0n) is 11.1. The zero-order chi connectivity index (χ0) is 14.2. The number of carbonyl (C=O) groups is 1. The highest BCUT2D eigenvalue weighted by Gasteiger charge is 2.07. The van der Waals surface area contributed by atoms with Gasteiger partial charge in [-0.15, -0.1) is 0 Å². The van der Waals surface area contributed by atoms with Crippen LogP contribution in [0.4, 0.5) is 0 Å². The summed E-state index contributed by atoms with van der Waals surface area (Å²) >= 11 is 3.34. The predicted octanol–water partition coefficient (Wildman–Crippen LogP) is 3.29. The summed E-state index contributed by atoms with van der Waals surface area (Å²) in [5.41, 5.74) is 2.48. The summed E-state index contributed by atoms with van der Waals surface area (Å²) in [5, 5.41) is 3.98. The van der Waals surface area contributed by atoms with Crippen molar-refractivity contribution in [3.8, 4) is 5.75 Å². The highest BCUT2D eigenvalue weighted by Crippen LogP contribution is 2.16. The monoisotopic (exact) mass is 336 g/mol. The van der Waals surface area contributed by atoms with Crippen molar-refractivity contribution in [3.05, 3.63) is 40.9 Å². The Balaban J connectivity index is 1.68. The predicted molar refractivity (Wildman–Crippen MR) is 82.8 cm³/mol. The maximum absolute atomic E-state index is 11.6. The first kappa shape index (κ1) is 14.8. The summed E-state index contributed by atoms with van der Waals surface area (Å²) in [6.45, 7) is -0.0382. The Bertz CT molecular complexity index is 497. The van der Waals surface area contributed by atoms with Gasteiger partial charge >= 0.3 is 0 Å². The van der Waals surface area contributed by atoms with Crippen LogP contribution in [-0.2, 0) is 4.79 Å². The number of rotatable bonds is 5. The topological polar surface area (TPSA) is 50.7 Å². The first-order valence-electron chi connectivity index (χ1n) is 6.59. The lowest BCUT2D eigenvalue weighted by molar-refractivity contribution is -0.123. The molecule has 0 spiro atoms. The highest BCUT2D eigenvalue weighted by atomic mass is 79.9. The van der Waals surface area contributed by atoms with E-state index in [2.05, 4.69) is 38.6 Å². The molecule has 4 nitrogen and oxygen atoms in total. The third-order valence-corrected chi connectivity index (χ3v) is 3.50. The van der Waals surface area contributed by atoms with Crippen LogP contribution in [0.3, 0.4) is 0 Å². The molecule has 5 heteroatoms. The van der Waals surface area contributed by atoms with Crippen LogP contribution in [0.25, 0.3) is 0 Å².